The van der Waals surface area contributed by atoms with Crippen LogP contribution in [0.15, 0.2) is 18.2 Å². The lowest BCUT2D eigenvalue weighted by molar-refractivity contribution is -0.146. The minimum absolute atomic E-state index is 0.0966. The highest BCUT2D eigenvalue weighted by Crippen LogP contribution is 2.40. The largest absolute Gasteiger partial charge is 0.495 e. The highest BCUT2D eigenvalue weighted by atomic mass is 32.2. The molecule has 0 aromatic heterocycles. The molecule has 1 aliphatic carbocycles. The summed E-state index contributed by atoms with van der Waals surface area (Å²) in [6, 6.07) is 4.93. The van der Waals surface area contributed by atoms with Crippen molar-refractivity contribution in [3.8, 4) is 5.75 Å². The zero-order chi connectivity index (χ0) is 22.8. The van der Waals surface area contributed by atoms with Gasteiger partial charge >= 0.3 is 0 Å². The molecule has 1 saturated carbocycles. The number of carbonyl (C=O) groups is 3. The second-order valence-electron chi connectivity index (χ2n) is 9.50. The Hall–Kier alpha value is -2.02. The van der Waals surface area contributed by atoms with E-state index in [2.05, 4.69) is 26.1 Å². The van der Waals surface area contributed by atoms with E-state index in [-0.39, 0.29) is 35.0 Å². The van der Waals surface area contributed by atoms with Gasteiger partial charge in [-0.15, -0.1) is 0 Å². The van der Waals surface area contributed by atoms with Crippen LogP contribution in [-0.4, -0.2) is 47.8 Å². The summed E-state index contributed by atoms with van der Waals surface area (Å²) in [4.78, 5) is 40.9. The van der Waals surface area contributed by atoms with Gasteiger partial charge in [0.25, 0.3) is 0 Å². The molecule has 1 aromatic carbocycles. The number of rotatable bonds is 7. The Morgan fingerprint density at radius 2 is 1.81 bits per heavy atom. The number of carbonyl (C=O) groups excluding carboxylic acids is 3. The van der Waals surface area contributed by atoms with E-state index < -0.39 is 6.04 Å². The number of methoxy groups -OCH3 is 1. The minimum Gasteiger partial charge on any atom is -0.495 e. The van der Waals surface area contributed by atoms with Crippen LogP contribution in [0.1, 0.15) is 58.4 Å². The number of hydrogen-bond acceptors (Lipinski definition) is 5. The lowest BCUT2D eigenvalue weighted by atomic mass is 9.81. The zero-order valence-corrected chi connectivity index (χ0v) is 20.0. The first-order valence-corrected chi connectivity index (χ1v) is 12.4. The van der Waals surface area contributed by atoms with Crippen molar-refractivity contribution in [2.45, 2.75) is 64.3 Å². The maximum atomic E-state index is 13.4. The number of fused-ring (bicyclic) bond motifs is 1. The van der Waals surface area contributed by atoms with Gasteiger partial charge in [0.2, 0.25) is 17.7 Å². The molecular formula is C24H34N2O4S. The number of benzene rings is 1. The average molecular weight is 447 g/mol. The van der Waals surface area contributed by atoms with Gasteiger partial charge in [-0.1, -0.05) is 39.7 Å². The summed E-state index contributed by atoms with van der Waals surface area (Å²) in [6.45, 7) is 6.31. The Morgan fingerprint density at radius 1 is 1.19 bits per heavy atom. The molecule has 1 N–H and O–H groups in total. The van der Waals surface area contributed by atoms with Gasteiger partial charge in [-0.3, -0.25) is 19.3 Å². The van der Waals surface area contributed by atoms with Gasteiger partial charge in [0, 0.05) is 0 Å². The second kappa shape index (κ2) is 9.63. The minimum atomic E-state index is -0.805. The van der Waals surface area contributed by atoms with Crippen molar-refractivity contribution in [1.82, 2.24) is 4.90 Å². The number of likely N-dealkylation sites (tertiary alicyclic amines) is 1. The van der Waals surface area contributed by atoms with Crippen LogP contribution < -0.4 is 10.1 Å². The fraction of sp³-hybridized carbons (Fsp3) is 0.625. The van der Waals surface area contributed by atoms with Crippen molar-refractivity contribution >= 4 is 35.2 Å². The van der Waals surface area contributed by atoms with Gasteiger partial charge < -0.3 is 10.1 Å². The number of nitrogens with one attached hydrogen (secondary N) is 1. The van der Waals surface area contributed by atoms with Crippen molar-refractivity contribution in [1.29, 1.82) is 0 Å². The molecule has 3 unspecified atom stereocenters. The molecule has 7 heteroatoms. The lowest BCUT2D eigenvalue weighted by Gasteiger charge is -2.27. The third-order valence-electron chi connectivity index (χ3n) is 6.41. The molecule has 2 fully saturated rings. The normalized spacial score (nSPS) is 22.3. The molecule has 0 bridgehead atoms. The van der Waals surface area contributed by atoms with Crippen LogP contribution in [0.5, 0.6) is 5.75 Å². The number of amides is 3. The van der Waals surface area contributed by atoms with Crippen molar-refractivity contribution in [2.75, 3.05) is 24.4 Å². The van der Waals surface area contributed by atoms with Crippen molar-refractivity contribution < 1.29 is 19.1 Å². The number of thioether (sulfide) groups is 1. The van der Waals surface area contributed by atoms with Crippen LogP contribution >= 0.6 is 11.8 Å². The van der Waals surface area contributed by atoms with E-state index in [0.717, 1.165) is 31.2 Å². The van der Waals surface area contributed by atoms with Crippen LogP contribution in [0.25, 0.3) is 0 Å². The van der Waals surface area contributed by atoms with Crippen LogP contribution in [0, 0.1) is 11.8 Å². The van der Waals surface area contributed by atoms with Crippen LogP contribution in [0.2, 0.25) is 0 Å². The molecule has 1 aromatic rings. The molecule has 31 heavy (non-hydrogen) atoms. The Kier molecular flexibility index (Phi) is 7.35. The van der Waals surface area contributed by atoms with E-state index in [9.17, 15) is 14.4 Å². The lowest BCUT2D eigenvalue weighted by Crippen LogP contribution is -2.48. The Bertz CT molecular complexity index is 824. The Morgan fingerprint density at radius 3 is 2.32 bits per heavy atom. The summed E-state index contributed by atoms with van der Waals surface area (Å²) >= 11 is 1.60. The summed E-state index contributed by atoms with van der Waals surface area (Å²) in [5.74, 6) is 0.0345. The van der Waals surface area contributed by atoms with Gasteiger partial charge in [0.1, 0.15) is 11.8 Å². The third kappa shape index (κ3) is 4.92. The molecule has 1 heterocycles. The maximum Gasteiger partial charge on any atom is 0.247 e. The first-order chi connectivity index (χ1) is 14.7. The fourth-order valence-corrected chi connectivity index (χ4v) is 5.05. The third-order valence-corrected chi connectivity index (χ3v) is 7.05. The molecule has 6 nitrogen and oxygen atoms in total. The number of ether oxygens (including phenoxy) is 1. The van der Waals surface area contributed by atoms with E-state index in [1.54, 1.807) is 18.9 Å². The van der Waals surface area contributed by atoms with Crippen LogP contribution in [0.3, 0.4) is 0 Å². The smallest absolute Gasteiger partial charge is 0.247 e. The van der Waals surface area contributed by atoms with E-state index in [1.165, 1.54) is 4.90 Å². The predicted molar refractivity (Wildman–Crippen MR) is 124 cm³/mol. The standard InChI is InChI=1S/C24H34N2O4S/c1-24(2,3)15-10-11-20(30-4)18(14-15)25-21(27)19(12-13-31-5)26-22(28)16-8-6-7-9-17(16)23(26)29/h10-11,14,16-17,19H,6-9,12-13H2,1-5H3,(H,25,27). The number of hydrogen-bond donors (Lipinski definition) is 1. The quantitative estimate of drug-likeness (QED) is 0.635. The van der Waals surface area contributed by atoms with E-state index in [4.69, 9.17) is 4.74 Å². The Balaban J connectivity index is 1.89. The first-order valence-electron chi connectivity index (χ1n) is 11.0. The molecule has 2 aliphatic rings. The van der Waals surface area contributed by atoms with Crippen LogP contribution in [-0.2, 0) is 19.8 Å². The van der Waals surface area contributed by atoms with E-state index >= 15 is 0 Å². The molecular weight excluding hydrogens is 412 g/mol. The van der Waals surface area contributed by atoms with Gasteiger partial charge in [-0.05, 0) is 54.4 Å². The second-order valence-corrected chi connectivity index (χ2v) is 10.5. The topological polar surface area (TPSA) is 75.7 Å². The number of imide groups is 1. The van der Waals surface area contributed by atoms with Crippen molar-refractivity contribution in [3.63, 3.8) is 0 Å². The fourth-order valence-electron chi connectivity index (χ4n) is 4.59. The molecule has 0 radical (unpaired) electrons. The van der Waals surface area contributed by atoms with E-state index in [1.807, 2.05) is 24.5 Å². The first kappa shape index (κ1) is 23.6. The highest BCUT2D eigenvalue weighted by molar-refractivity contribution is 7.98. The summed E-state index contributed by atoms with van der Waals surface area (Å²) < 4.78 is 5.45. The number of nitrogens with zero attached hydrogens (tertiary/aromatic N) is 1. The van der Waals surface area contributed by atoms with Gasteiger partial charge in [0.05, 0.1) is 24.6 Å². The summed E-state index contributed by atoms with van der Waals surface area (Å²) in [6.07, 6.45) is 5.80. The van der Waals surface area contributed by atoms with Gasteiger partial charge in [0.15, 0.2) is 0 Å². The van der Waals surface area contributed by atoms with Crippen molar-refractivity contribution in [2.24, 2.45) is 11.8 Å². The predicted octanol–water partition coefficient (Wildman–Crippen LogP) is 4.23. The maximum absolute atomic E-state index is 13.4. The molecule has 3 rings (SSSR count). The van der Waals surface area contributed by atoms with Gasteiger partial charge in [-0.2, -0.15) is 11.8 Å². The van der Waals surface area contributed by atoms with Crippen molar-refractivity contribution in [3.05, 3.63) is 23.8 Å². The molecule has 1 saturated heterocycles. The monoisotopic (exact) mass is 446 g/mol. The average Bonchev–Trinajstić information content (AvgIpc) is 2.99. The van der Waals surface area contributed by atoms with Crippen LogP contribution in [0.4, 0.5) is 5.69 Å². The number of anilines is 1. The summed E-state index contributed by atoms with van der Waals surface area (Å²) in [7, 11) is 1.56. The molecule has 170 valence electrons. The van der Waals surface area contributed by atoms with Gasteiger partial charge in [-0.25, -0.2) is 0 Å². The molecule has 1 aliphatic heterocycles. The molecule has 3 amide bonds. The SMILES string of the molecule is COc1ccc(C(C)(C)C)cc1NC(=O)C(CCSC)N1C(=O)C2CCCCC2C1=O. The highest BCUT2D eigenvalue weighted by Gasteiger charge is 2.51. The summed E-state index contributed by atoms with van der Waals surface area (Å²) in [5.41, 5.74) is 1.52. The van der Waals surface area contributed by atoms with E-state index in [0.29, 0.717) is 23.6 Å². The molecule has 3 atom stereocenters. The Labute approximate surface area is 189 Å². The zero-order valence-electron chi connectivity index (χ0n) is 19.2. The summed E-state index contributed by atoms with van der Waals surface area (Å²) in [5, 5.41) is 2.96. The molecule has 0 spiro atoms.